The van der Waals surface area contributed by atoms with Gasteiger partial charge in [0.15, 0.2) is 0 Å². The fourth-order valence-corrected chi connectivity index (χ4v) is 7.81. The molecule has 0 bridgehead atoms. The van der Waals surface area contributed by atoms with E-state index in [2.05, 4.69) is 126 Å². The van der Waals surface area contributed by atoms with Crippen molar-refractivity contribution >= 4 is 21.8 Å². The first-order valence-corrected chi connectivity index (χ1v) is 18.7. The predicted molar refractivity (Wildman–Crippen MR) is 228 cm³/mol. The molecule has 4 heterocycles. The van der Waals surface area contributed by atoms with Crippen LogP contribution in [0.15, 0.2) is 200 Å². The highest BCUT2D eigenvalue weighted by molar-refractivity contribution is 6.13. The summed E-state index contributed by atoms with van der Waals surface area (Å²) in [4.78, 5) is 14.9. The highest BCUT2D eigenvalue weighted by Crippen LogP contribution is 2.41. The van der Waals surface area contributed by atoms with Gasteiger partial charge in [-0.1, -0.05) is 115 Å². The van der Waals surface area contributed by atoms with Crippen LogP contribution in [0, 0.1) is 0 Å². The van der Waals surface area contributed by atoms with Gasteiger partial charge in [-0.15, -0.1) is 0 Å². The van der Waals surface area contributed by atoms with Crippen LogP contribution in [0.4, 0.5) is 0 Å². The Bertz CT molecular complexity index is 3030. The topological polar surface area (TPSA) is 63.8 Å². The van der Waals surface area contributed by atoms with E-state index >= 15 is 0 Å². The number of pyridine rings is 3. The lowest BCUT2D eigenvalue weighted by Crippen LogP contribution is -1.96. The summed E-state index contributed by atoms with van der Waals surface area (Å²) in [6, 6.07) is 64.1. The van der Waals surface area contributed by atoms with Gasteiger partial charge in [-0.05, 0) is 89.5 Å². The van der Waals surface area contributed by atoms with Crippen LogP contribution in [0.1, 0.15) is 0 Å². The predicted octanol–water partition coefficient (Wildman–Crippen LogP) is 12.7. The lowest BCUT2D eigenvalue weighted by atomic mass is 9.93. The molecule has 10 rings (SSSR count). The monoisotopic (exact) mass is 718 g/mol. The summed E-state index contributed by atoms with van der Waals surface area (Å²) < 4.78 is 2.37. The van der Waals surface area contributed by atoms with Gasteiger partial charge in [0.05, 0.1) is 33.8 Å². The number of nitrogens with zero attached hydrogens (tertiary/aromatic N) is 4. The largest absolute Gasteiger partial charge is 0.507 e. The van der Waals surface area contributed by atoms with Crippen LogP contribution in [0.25, 0.3) is 94.8 Å². The Balaban J connectivity index is 1.17. The second-order valence-electron chi connectivity index (χ2n) is 13.8. The SMILES string of the molecule is Oc1ccccc1-c1cc(-c2ccccc2)cc(-c2cc(-c3cc(-c4cccc5c6ccccc6n(-c6ccccc6)c45)ccn3)ccc2-c2ccccn2)n1. The van der Waals surface area contributed by atoms with E-state index in [0.717, 1.165) is 67.2 Å². The average Bonchev–Trinajstić information content (AvgIpc) is 3.62. The van der Waals surface area contributed by atoms with Crippen LogP contribution in [0.5, 0.6) is 5.75 Å². The molecule has 0 atom stereocenters. The Labute approximate surface area is 324 Å². The Kier molecular flexibility index (Phi) is 8.23. The number of rotatable bonds is 7. The third-order valence-corrected chi connectivity index (χ3v) is 10.4. The maximum Gasteiger partial charge on any atom is 0.124 e. The van der Waals surface area contributed by atoms with Crippen LogP contribution in [0.2, 0.25) is 0 Å². The Hall–Kier alpha value is -7.63. The average molecular weight is 719 g/mol. The summed E-state index contributed by atoms with van der Waals surface area (Å²) in [5.74, 6) is 0.178. The van der Waals surface area contributed by atoms with Crippen LogP contribution in [-0.2, 0) is 0 Å². The van der Waals surface area contributed by atoms with Gasteiger partial charge in [-0.3, -0.25) is 9.97 Å². The maximum absolute atomic E-state index is 11.0. The van der Waals surface area contributed by atoms with Gasteiger partial charge in [0, 0.05) is 56.7 Å². The summed E-state index contributed by atoms with van der Waals surface area (Å²) >= 11 is 0. The molecule has 0 radical (unpaired) electrons. The first-order valence-electron chi connectivity index (χ1n) is 18.7. The third kappa shape index (κ3) is 5.88. The van der Waals surface area contributed by atoms with Crippen molar-refractivity contribution in [1.29, 1.82) is 0 Å². The summed E-state index contributed by atoms with van der Waals surface area (Å²) in [6.45, 7) is 0. The number of para-hydroxylation sites is 4. The second kappa shape index (κ2) is 14.0. The van der Waals surface area contributed by atoms with Crippen LogP contribution in [-0.4, -0.2) is 24.6 Å². The van der Waals surface area contributed by atoms with Crippen molar-refractivity contribution in [3.8, 4) is 78.7 Å². The van der Waals surface area contributed by atoms with Gasteiger partial charge in [-0.2, -0.15) is 0 Å². The molecule has 0 aliphatic rings. The van der Waals surface area contributed by atoms with Crippen molar-refractivity contribution in [3.63, 3.8) is 0 Å². The summed E-state index contributed by atoms with van der Waals surface area (Å²) in [7, 11) is 0. The Morgan fingerprint density at radius 2 is 1.05 bits per heavy atom. The molecule has 5 heteroatoms. The molecule has 6 aromatic carbocycles. The standard InChI is InChI=1S/C51H34N4O/c56-50-24-10-8-19-43(50)47-32-37(34-14-3-1-4-15-34)33-48(54-47)44-30-36(25-26-40(44)45-22-11-12-28-52-45)46-31-35(27-29-53-46)39-20-13-21-42-41-18-7-9-23-49(41)55(51(39)42)38-16-5-2-6-17-38/h1-33,56H. The number of benzene rings is 6. The molecule has 0 aliphatic carbocycles. The van der Waals surface area contributed by atoms with E-state index in [0.29, 0.717) is 11.3 Å². The number of phenolic OH excluding ortho intramolecular Hbond substituents is 1. The molecule has 0 fully saturated rings. The molecule has 56 heavy (non-hydrogen) atoms. The van der Waals surface area contributed by atoms with Gasteiger partial charge < -0.3 is 9.67 Å². The molecule has 10 aromatic rings. The zero-order valence-corrected chi connectivity index (χ0v) is 30.3. The molecular weight excluding hydrogens is 685 g/mol. The second-order valence-corrected chi connectivity index (χ2v) is 13.8. The zero-order valence-electron chi connectivity index (χ0n) is 30.3. The summed E-state index contributed by atoms with van der Waals surface area (Å²) in [5, 5.41) is 13.4. The number of aromatic nitrogens is 4. The van der Waals surface area contributed by atoms with Crippen molar-refractivity contribution in [3.05, 3.63) is 200 Å². The van der Waals surface area contributed by atoms with Gasteiger partial charge in [0.1, 0.15) is 5.75 Å². The molecule has 0 spiro atoms. The normalized spacial score (nSPS) is 11.3. The van der Waals surface area contributed by atoms with Crippen molar-refractivity contribution in [2.24, 2.45) is 0 Å². The maximum atomic E-state index is 11.0. The van der Waals surface area contributed by atoms with E-state index in [1.165, 1.54) is 16.3 Å². The zero-order chi connectivity index (χ0) is 37.4. The summed E-state index contributed by atoms with van der Waals surface area (Å²) in [6.07, 6.45) is 3.71. The van der Waals surface area contributed by atoms with Gasteiger partial charge in [0.25, 0.3) is 0 Å². The fraction of sp³-hybridized carbons (Fsp3) is 0. The number of phenols is 1. The lowest BCUT2D eigenvalue weighted by molar-refractivity contribution is 0.477. The molecule has 1 N–H and O–H groups in total. The first-order chi connectivity index (χ1) is 27.7. The minimum Gasteiger partial charge on any atom is -0.507 e. The van der Waals surface area contributed by atoms with E-state index in [9.17, 15) is 5.11 Å². The van der Waals surface area contributed by atoms with Crippen molar-refractivity contribution in [2.45, 2.75) is 0 Å². The lowest BCUT2D eigenvalue weighted by Gasteiger charge is -2.16. The molecule has 0 unspecified atom stereocenters. The molecule has 0 amide bonds. The minimum atomic E-state index is 0.178. The van der Waals surface area contributed by atoms with Gasteiger partial charge >= 0.3 is 0 Å². The van der Waals surface area contributed by atoms with E-state index in [1.807, 2.05) is 73.1 Å². The highest BCUT2D eigenvalue weighted by atomic mass is 16.3. The molecule has 4 aromatic heterocycles. The molecule has 0 aliphatic heterocycles. The van der Waals surface area contributed by atoms with Crippen molar-refractivity contribution in [1.82, 2.24) is 19.5 Å². The number of hydrogen-bond donors (Lipinski definition) is 1. The first kappa shape index (κ1) is 33.0. The fourth-order valence-electron chi connectivity index (χ4n) is 7.81. The van der Waals surface area contributed by atoms with Crippen LogP contribution >= 0.6 is 0 Å². The van der Waals surface area contributed by atoms with Gasteiger partial charge in [-0.25, -0.2) is 4.98 Å². The van der Waals surface area contributed by atoms with E-state index in [-0.39, 0.29) is 5.75 Å². The minimum absolute atomic E-state index is 0.178. The Morgan fingerprint density at radius 1 is 0.375 bits per heavy atom. The molecule has 0 saturated carbocycles. The van der Waals surface area contributed by atoms with Crippen LogP contribution in [0.3, 0.4) is 0 Å². The molecule has 264 valence electrons. The molecule has 0 saturated heterocycles. The third-order valence-electron chi connectivity index (χ3n) is 10.4. The van der Waals surface area contributed by atoms with Crippen molar-refractivity contribution < 1.29 is 5.11 Å². The number of hydrogen-bond acceptors (Lipinski definition) is 4. The van der Waals surface area contributed by atoms with E-state index in [4.69, 9.17) is 15.0 Å². The molecule has 5 nitrogen and oxygen atoms in total. The van der Waals surface area contributed by atoms with E-state index in [1.54, 1.807) is 6.07 Å². The highest BCUT2D eigenvalue weighted by Gasteiger charge is 2.19. The number of aromatic hydroxyl groups is 1. The Morgan fingerprint density at radius 3 is 1.88 bits per heavy atom. The quantitative estimate of drug-likeness (QED) is 0.178. The summed E-state index contributed by atoms with van der Waals surface area (Å²) in [5.41, 5.74) is 14.3. The van der Waals surface area contributed by atoms with Crippen molar-refractivity contribution in [2.75, 3.05) is 0 Å². The van der Waals surface area contributed by atoms with Crippen LogP contribution < -0.4 is 0 Å². The van der Waals surface area contributed by atoms with Gasteiger partial charge in [0.2, 0.25) is 0 Å². The molecular formula is C51H34N4O. The smallest absolute Gasteiger partial charge is 0.124 e. The number of fused-ring (bicyclic) bond motifs is 3. The van der Waals surface area contributed by atoms with E-state index < -0.39 is 0 Å².